The summed E-state index contributed by atoms with van der Waals surface area (Å²) in [4.78, 5) is 16.8. The third-order valence-corrected chi connectivity index (χ3v) is 5.76. The van der Waals surface area contributed by atoms with Crippen LogP contribution in [0.25, 0.3) is 0 Å². The summed E-state index contributed by atoms with van der Waals surface area (Å²) in [5, 5.41) is 8.88. The molecule has 1 saturated carbocycles. The molecule has 1 unspecified atom stereocenters. The fourth-order valence-corrected chi connectivity index (χ4v) is 3.86. The molecule has 1 amide bonds. The fraction of sp³-hybridized carbons (Fsp3) is 0.824. The van der Waals surface area contributed by atoms with Crippen molar-refractivity contribution in [3.05, 3.63) is 11.6 Å². The quantitative estimate of drug-likeness (QED) is 0.814. The zero-order valence-electron chi connectivity index (χ0n) is 15.0. The lowest BCUT2D eigenvalue weighted by atomic mass is 9.96. The van der Waals surface area contributed by atoms with E-state index in [1.807, 2.05) is 11.9 Å². The molecular weight excluding hydrogens is 320 g/mol. The van der Waals surface area contributed by atoms with E-state index in [-0.39, 0.29) is 11.8 Å². The van der Waals surface area contributed by atoms with E-state index >= 15 is 0 Å². The number of nitrogens with zero attached hydrogens (tertiary/aromatic N) is 5. The predicted octanol–water partition coefficient (Wildman–Crippen LogP) is -0.155. The van der Waals surface area contributed by atoms with E-state index in [9.17, 15) is 4.79 Å². The first-order chi connectivity index (χ1) is 12.1. The van der Waals surface area contributed by atoms with Crippen LogP contribution in [0.15, 0.2) is 0 Å². The number of hydrogen-bond donors (Lipinski definition) is 1. The topological polar surface area (TPSA) is 89.5 Å². The van der Waals surface area contributed by atoms with Crippen molar-refractivity contribution in [3.63, 3.8) is 0 Å². The maximum Gasteiger partial charge on any atom is 0.242 e. The first-order valence-corrected chi connectivity index (χ1v) is 9.33. The molecule has 138 valence electrons. The van der Waals surface area contributed by atoms with Crippen molar-refractivity contribution in [2.75, 3.05) is 39.4 Å². The van der Waals surface area contributed by atoms with E-state index in [1.165, 1.54) is 0 Å². The molecular formula is C17H28N6O2. The highest BCUT2D eigenvalue weighted by atomic mass is 16.5. The second-order valence-corrected chi connectivity index (χ2v) is 7.67. The van der Waals surface area contributed by atoms with Crippen molar-refractivity contribution in [1.29, 1.82) is 0 Å². The summed E-state index contributed by atoms with van der Waals surface area (Å²) in [5.41, 5.74) is 5.52. The minimum atomic E-state index is -0.580. The van der Waals surface area contributed by atoms with E-state index in [2.05, 4.69) is 19.7 Å². The number of rotatable bonds is 4. The van der Waals surface area contributed by atoms with Gasteiger partial charge in [0.15, 0.2) is 0 Å². The molecule has 1 atom stereocenters. The molecule has 8 heteroatoms. The van der Waals surface area contributed by atoms with Crippen molar-refractivity contribution in [1.82, 2.24) is 24.6 Å². The first kappa shape index (κ1) is 16.9. The van der Waals surface area contributed by atoms with Crippen LogP contribution in [0.3, 0.4) is 0 Å². The van der Waals surface area contributed by atoms with Crippen LogP contribution in [0.2, 0.25) is 0 Å². The summed E-state index contributed by atoms with van der Waals surface area (Å²) < 4.78 is 7.52. The van der Waals surface area contributed by atoms with Gasteiger partial charge in [-0.2, -0.15) is 0 Å². The summed E-state index contributed by atoms with van der Waals surface area (Å²) in [6.07, 6.45) is 3.68. The Morgan fingerprint density at radius 3 is 2.76 bits per heavy atom. The van der Waals surface area contributed by atoms with Crippen molar-refractivity contribution in [3.8, 4) is 0 Å². The third-order valence-electron chi connectivity index (χ3n) is 5.76. The molecule has 3 heterocycles. The average Bonchev–Trinajstić information content (AvgIpc) is 3.30. The molecule has 2 N–H and O–H groups in total. The van der Waals surface area contributed by atoms with E-state index in [0.29, 0.717) is 6.54 Å². The van der Waals surface area contributed by atoms with E-state index < -0.39 is 5.54 Å². The summed E-state index contributed by atoms with van der Waals surface area (Å²) in [7, 11) is 2.04. The number of piperidine rings is 1. The molecule has 2 saturated heterocycles. The minimum Gasteiger partial charge on any atom is -0.379 e. The standard InChI is InChI=1S/C17H28N6O2/c1-21-14(12-22-7-9-25-10-8-22)19-20-15(21)13-3-2-6-23(11-13)16(24)17(18)4-5-17/h13H,2-12,18H2,1H3. The molecule has 0 radical (unpaired) electrons. The Labute approximate surface area is 148 Å². The number of ether oxygens (including phenoxy) is 1. The van der Waals surface area contributed by atoms with Gasteiger partial charge in [-0.25, -0.2) is 0 Å². The van der Waals surface area contributed by atoms with Crippen molar-refractivity contribution in [2.24, 2.45) is 12.8 Å². The Morgan fingerprint density at radius 1 is 1.28 bits per heavy atom. The molecule has 1 aliphatic carbocycles. The molecule has 0 aromatic carbocycles. The molecule has 3 fully saturated rings. The van der Waals surface area contributed by atoms with Crippen LogP contribution in [-0.4, -0.2) is 75.4 Å². The zero-order chi connectivity index (χ0) is 17.4. The van der Waals surface area contributed by atoms with Gasteiger partial charge in [0.05, 0.1) is 25.3 Å². The van der Waals surface area contributed by atoms with Crippen LogP contribution in [0.5, 0.6) is 0 Å². The molecule has 0 bridgehead atoms. The van der Waals surface area contributed by atoms with Crippen molar-refractivity contribution < 1.29 is 9.53 Å². The number of carbonyl (C=O) groups excluding carboxylic acids is 1. The normalized spacial score (nSPS) is 26.6. The van der Waals surface area contributed by atoms with Crippen LogP contribution in [-0.2, 0) is 23.1 Å². The second kappa shape index (κ2) is 6.66. The Kier molecular flexibility index (Phi) is 4.51. The lowest BCUT2D eigenvalue weighted by Crippen LogP contribution is -2.49. The minimum absolute atomic E-state index is 0.118. The van der Waals surface area contributed by atoms with Gasteiger partial charge in [-0.05, 0) is 25.7 Å². The Balaban J connectivity index is 1.43. The molecule has 0 spiro atoms. The number of amides is 1. The lowest BCUT2D eigenvalue weighted by molar-refractivity contribution is -0.134. The van der Waals surface area contributed by atoms with E-state index in [4.69, 9.17) is 10.5 Å². The summed E-state index contributed by atoms with van der Waals surface area (Å²) in [6, 6.07) is 0. The highest BCUT2D eigenvalue weighted by molar-refractivity contribution is 5.89. The number of aromatic nitrogens is 3. The Morgan fingerprint density at radius 2 is 2.04 bits per heavy atom. The number of hydrogen-bond acceptors (Lipinski definition) is 6. The molecule has 8 nitrogen and oxygen atoms in total. The Hall–Kier alpha value is -1.51. The number of morpholine rings is 1. The van der Waals surface area contributed by atoms with Crippen LogP contribution in [0.4, 0.5) is 0 Å². The molecule has 4 rings (SSSR count). The predicted molar refractivity (Wildman–Crippen MR) is 91.8 cm³/mol. The van der Waals surface area contributed by atoms with Gasteiger partial charge in [-0.15, -0.1) is 10.2 Å². The summed E-state index contributed by atoms with van der Waals surface area (Å²) >= 11 is 0. The zero-order valence-corrected chi connectivity index (χ0v) is 15.0. The van der Waals surface area contributed by atoms with Gasteiger partial charge in [0, 0.05) is 39.1 Å². The third kappa shape index (κ3) is 3.43. The number of nitrogens with two attached hydrogens (primary N) is 1. The first-order valence-electron chi connectivity index (χ1n) is 9.33. The van der Waals surface area contributed by atoms with E-state index in [0.717, 1.165) is 76.7 Å². The maximum atomic E-state index is 12.6. The smallest absolute Gasteiger partial charge is 0.242 e. The van der Waals surface area contributed by atoms with Crippen LogP contribution < -0.4 is 5.73 Å². The second-order valence-electron chi connectivity index (χ2n) is 7.67. The van der Waals surface area contributed by atoms with Crippen molar-refractivity contribution >= 4 is 5.91 Å². The van der Waals surface area contributed by atoms with E-state index in [1.54, 1.807) is 0 Å². The van der Waals surface area contributed by atoms with Gasteiger partial charge in [-0.3, -0.25) is 9.69 Å². The van der Waals surface area contributed by atoms with Crippen molar-refractivity contribution in [2.45, 2.75) is 43.7 Å². The highest BCUT2D eigenvalue weighted by Crippen LogP contribution is 2.36. The van der Waals surface area contributed by atoms with Gasteiger partial charge in [0.1, 0.15) is 11.6 Å². The SMILES string of the molecule is Cn1c(CN2CCOCC2)nnc1C1CCCN(C(=O)C2(N)CC2)C1. The fourth-order valence-electron chi connectivity index (χ4n) is 3.86. The maximum absolute atomic E-state index is 12.6. The van der Waals surface area contributed by atoms with Gasteiger partial charge < -0.3 is 19.9 Å². The Bertz CT molecular complexity index is 635. The molecule has 2 aliphatic heterocycles. The molecule has 25 heavy (non-hydrogen) atoms. The van der Waals surface area contributed by atoms with Gasteiger partial charge in [-0.1, -0.05) is 0 Å². The van der Waals surface area contributed by atoms with Crippen LogP contribution in [0.1, 0.15) is 43.3 Å². The van der Waals surface area contributed by atoms with Crippen LogP contribution >= 0.6 is 0 Å². The largest absolute Gasteiger partial charge is 0.379 e. The van der Waals surface area contributed by atoms with Gasteiger partial charge in [0.2, 0.25) is 5.91 Å². The summed E-state index contributed by atoms with van der Waals surface area (Å²) in [5.74, 6) is 2.34. The highest BCUT2D eigenvalue weighted by Gasteiger charge is 2.48. The summed E-state index contributed by atoms with van der Waals surface area (Å²) in [6.45, 7) is 5.76. The molecule has 3 aliphatic rings. The lowest BCUT2D eigenvalue weighted by Gasteiger charge is -2.34. The number of carbonyl (C=O) groups is 1. The number of likely N-dealkylation sites (tertiary alicyclic amines) is 1. The molecule has 1 aromatic rings. The van der Waals surface area contributed by atoms with Gasteiger partial charge >= 0.3 is 0 Å². The van der Waals surface area contributed by atoms with Crippen LogP contribution in [0, 0.1) is 0 Å². The average molecular weight is 348 g/mol. The monoisotopic (exact) mass is 348 g/mol. The van der Waals surface area contributed by atoms with Gasteiger partial charge in [0.25, 0.3) is 0 Å². The molecule has 1 aromatic heterocycles.